The number of rotatable bonds is 6. The highest BCUT2D eigenvalue weighted by Crippen LogP contribution is 2.38. The van der Waals surface area contributed by atoms with E-state index in [9.17, 15) is 4.79 Å². The molecule has 1 aliphatic rings. The van der Waals surface area contributed by atoms with Gasteiger partial charge in [0.2, 0.25) is 0 Å². The molecule has 0 bridgehead atoms. The number of benzene rings is 2. The van der Waals surface area contributed by atoms with Crippen molar-refractivity contribution in [3.8, 4) is 5.75 Å². The maximum absolute atomic E-state index is 13.2. The van der Waals surface area contributed by atoms with Crippen molar-refractivity contribution in [2.24, 2.45) is 0 Å². The first-order chi connectivity index (χ1) is 12.2. The van der Waals surface area contributed by atoms with Crippen LogP contribution in [0.2, 0.25) is 0 Å². The quantitative estimate of drug-likeness (QED) is 0.783. The molecule has 130 valence electrons. The number of para-hydroxylation sites is 2. The standard InChI is InChI=1S/C21H24N2O2/c1-4-14-25-19-13-9-7-11-17(19)20-22-18-12-8-6-10-16(18)21(24)23(20)15(3)5-2/h4,6-13,15,20,22H,1,5,14H2,2-3H3/t15-,20+/m0/s1. The average Bonchev–Trinajstić information content (AvgIpc) is 2.66. The Kier molecular flexibility index (Phi) is 5.08. The van der Waals surface area contributed by atoms with Gasteiger partial charge in [0.05, 0.1) is 5.56 Å². The van der Waals surface area contributed by atoms with Crippen LogP contribution in [0.15, 0.2) is 61.2 Å². The fourth-order valence-electron chi connectivity index (χ4n) is 3.13. The minimum absolute atomic E-state index is 0.0484. The summed E-state index contributed by atoms with van der Waals surface area (Å²) in [7, 11) is 0. The summed E-state index contributed by atoms with van der Waals surface area (Å²) in [6.07, 6.45) is 2.33. The van der Waals surface area contributed by atoms with Gasteiger partial charge in [0.1, 0.15) is 18.5 Å². The van der Waals surface area contributed by atoms with Crippen LogP contribution in [0.3, 0.4) is 0 Å². The van der Waals surface area contributed by atoms with Crippen LogP contribution in [-0.2, 0) is 0 Å². The molecule has 0 saturated carbocycles. The zero-order valence-corrected chi connectivity index (χ0v) is 14.7. The lowest BCUT2D eigenvalue weighted by atomic mass is 10.0. The Morgan fingerprint density at radius 3 is 2.72 bits per heavy atom. The highest BCUT2D eigenvalue weighted by molar-refractivity contribution is 6.02. The molecule has 4 nitrogen and oxygen atoms in total. The van der Waals surface area contributed by atoms with Gasteiger partial charge in [-0.3, -0.25) is 4.79 Å². The van der Waals surface area contributed by atoms with Crippen molar-refractivity contribution in [1.82, 2.24) is 4.90 Å². The van der Waals surface area contributed by atoms with Gasteiger partial charge in [0.15, 0.2) is 0 Å². The maximum atomic E-state index is 13.2. The van der Waals surface area contributed by atoms with E-state index in [0.717, 1.165) is 23.4 Å². The summed E-state index contributed by atoms with van der Waals surface area (Å²) in [5.41, 5.74) is 2.52. The molecule has 1 N–H and O–H groups in total. The third-order valence-corrected chi connectivity index (χ3v) is 4.60. The summed E-state index contributed by atoms with van der Waals surface area (Å²) in [6, 6.07) is 15.6. The first kappa shape index (κ1) is 17.1. The Bertz CT molecular complexity index is 772. The third-order valence-electron chi connectivity index (χ3n) is 4.60. The van der Waals surface area contributed by atoms with Gasteiger partial charge in [0, 0.05) is 17.3 Å². The zero-order valence-electron chi connectivity index (χ0n) is 14.7. The molecule has 3 rings (SSSR count). The van der Waals surface area contributed by atoms with Crippen molar-refractivity contribution in [3.05, 3.63) is 72.3 Å². The van der Waals surface area contributed by atoms with E-state index >= 15 is 0 Å². The van der Waals surface area contributed by atoms with Crippen LogP contribution in [0.5, 0.6) is 5.75 Å². The number of ether oxygens (including phenoxy) is 1. The van der Waals surface area contributed by atoms with E-state index in [-0.39, 0.29) is 18.1 Å². The molecule has 25 heavy (non-hydrogen) atoms. The van der Waals surface area contributed by atoms with E-state index in [1.54, 1.807) is 6.08 Å². The van der Waals surface area contributed by atoms with E-state index in [2.05, 4.69) is 25.7 Å². The number of carbonyl (C=O) groups is 1. The number of amides is 1. The summed E-state index contributed by atoms with van der Waals surface area (Å²) in [6.45, 7) is 8.31. The fraction of sp³-hybridized carbons (Fsp3) is 0.286. The maximum Gasteiger partial charge on any atom is 0.258 e. The van der Waals surface area contributed by atoms with Crippen molar-refractivity contribution in [2.75, 3.05) is 11.9 Å². The predicted molar refractivity (Wildman–Crippen MR) is 101 cm³/mol. The summed E-state index contributed by atoms with van der Waals surface area (Å²) in [4.78, 5) is 15.1. The highest BCUT2D eigenvalue weighted by Gasteiger charge is 2.36. The largest absolute Gasteiger partial charge is 0.489 e. The number of carbonyl (C=O) groups excluding carboxylic acids is 1. The molecule has 0 radical (unpaired) electrons. The molecule has 4 heteroatoms. The normalized spacial score (nSPS) is 17.4. The molecule has 2 atom stereocenters. The number of hydrogen-bond donors (Lipinski definition) is 1. The Balaban J connectivity index is 2.07. The van der Waals surface area contributed by atoms with Gasteiger partial charge in [-0.05, 0) is 31.5 Å². The highest BCUT2D eigenvalue weighted by atomic mass is 16.5. The molecular formula is C21H24N2O2. The molecule has 1 amide bonds. The molecule has 0 aliphatic carbocycles. The minimum Gasteiger partial charge on any atom is -0.489 e. The van der Waals surface area contributed by atoms with Gasteiger partial charge in [-0.15, -0.1) is 0 Å². The van der Waals surface area contributed by atoms with Gasteiger partial charge in [-0.25, -0.2) is 0 Å². The van der Waals surface area contributed by atoms with E-state index in [4.69, 9.17) is 4.74 Å². The van der Waals surface area contributed by atoms with E-state index in [1.807, 2.05) is 53.4 Å². The zero-order chi connectivity index (χ0) is 17.8. The lowest BCUT2D eigenvalue weighted by Gasteiger charge is -2.41. The van der Waals surface area contributed by atoms with Gasteiger partial charge in [0.25, 0.3) is 5.91 Å². The molecule has 2 aromatic carbocycles. The monoisotopic (exact) mass is 336 g/mol. The fourth-order valence-corrected chi connectivity index (χ4v) is 3.13. The van der Waals surface area contributed by atoms with Crippen LogP contribution in [0.25, 0.3) is 0 Å². The van der Waals surface area contributed by atoms with Crippen molar-refractivity contribution in [3.63, 3.8) is 0 Å². The summed E-state index contributed by atoms with van der Waals surface area (Å²) >= 11 is 0. The van der Waals surface area contributed by atoms with Gasteiger partial charge in [-0.2, -0.15) is 0 Å². The lowest BCUT2D eigenvalue weighted by Crippen LogP contribution is -2.47. The number of anilines is 1. The second kappa shape index (κ2) is 7.43. The number of nitrogens with zero attached hydrogens (tertiary/aromatic N) is 1. The Morgan fingerprint density at radius 2 is 1.96 bits per heavy atom. The van der Waals surface area contributed by atoms with Crippen LogP contribution in [0.1, 0.15) is 42.4 Å². The second-order valence-electron chi connectivity index (χ2n) is 6.20. The first-order valence-electron chi connectivity index (χ1n) is 8.68. The van der Waals surface area contributed by atoms with Crippen molar-refractivity contribution in [2.45, 2.75) is 32.5 Å². The van der Waals surface area contributed by atoms with Crippen LogP contribution >= 0.6 is 0 Å². The van der Waals surface area contributed by atoms with Crippen molar-refractivity contribution < 1.29 is 9.53 Å². The van der Waals surface area contributed by atoms with Crippen LogP contribution in [0, 0.1) is 0 Å². The minimum atomic E-state index is -0.265. The van der Waals surface area contributed by atoms with Gasteiger partial charge >= 0.3 is 0 Å². The summed E-state index contributed by atoms with van der Waals surface area (Å²) < 4.78 is 5.83. The molecular weight excluding hydrogens is 312 g/mol. The topological polar surface area (TPSA) is 41.6 Å². The number of fused-ring (bicyclic) bond motifs is 1. The Labute approximate surface area is 149 Å². The number of hydrogen-bond acceptors (Lipinski definition) is 3. The molecule has 0 fully saturated rings. The molecule has 2 aromatic rings. The van der Waals surface area contributed by atoms with Crippen LogP contribution in [0.4, 0.5) is 5.69 Å². The smallest absolute Gasteiger partial charge is 0.258 e. The van der Waals surface area contributed by atoms with Crippen molar-refractivity contribution in [1.29, 1.82) is 0 Å². The van der Waals surface area contributed by atoms with Gasteiger partial charge in [-0.1, -0.05) is 49.9 Å². The summed E-state index contributed by atoms with van der Waals surface area (Å²) in [5, 5.41) is 3.53. The second-order valence-corrected chi connectivity index (χ2v) is 6.20. The van der Waals surface area contributed by atoms with Crippen LogP contribution in [-0.4, -0.2) is 23.5 Å². The lowest BCUT2D eigenvalue weighted by molar-refractivity contribution is 0.0591. The van der Waals surface area contributed by atoms with E-state index < -0.39 is 0 Å². The first-order valence-corrected chi connectivity index (χ1v) is 8.68. The molecule has 1 heterocycles. The molecule has 0 spiro atoms. The molecule has 0 aromatic heterocycles. The predicted octanol–water partition coefficient (Wildman–Crippen LogP) is 4.62. The van der Waals surface area contributed by atoms with E-state index in [1.165, 1.54) is 0 Å². The average molecular weight is 336 g/mol. The molecule has 0 saturated heterocycles. The molecule has 0 unspecified atom stereocenters. The number of nitrogens with one attached hydrogen (secondary N) is 1. The Morgan fingerprint density at radius 1 is 1.24 bits per heavy atom. The van der Waals surface area contributed by atoms with Gasteiger partial charge < -0.3 is 15.0 Å². The third kappa shape index (κ3) is 3.25. The summed E-state index contributed by atoms with van der Waals surface area (Å²) in [5.74, 6) is 0.813. The Hall–Kier alpha value is -2.75. The van der Waals surface area contributed by atoms with Crippen molar-refractivity contribution >= 4 is 11.6 Å². The van der Waals surface area contributed by atoms with Crippen LogP contribution < -0.4 is 10.1 Å². The molecule has 1 aliphatic heterocycles. The SMILES string of the molecule is C=CCOc1ccccc1[C@@H]1Nc2ccccc2C(=O)N1[C@@H](C)CC. The van der Waals surface area contributed by atoms with E-state index in [0.29, 0.717) is 12.2 Å².